The number of aromatic carboxylic acids is 1. The average Bonchev–Trinajstić information content (AvgIpc) is 2.75. The molecule has 0 amide bonds. The highest BCUT2D eigenvalue weighted by Crippen LogP contribution is 2.28. The summed E-state index contributed by atoms with van der Waals surface area (Å²) in [6.07, 6.45) is 1.57. The van der Waals surface area contributed by atoms with E-state index < -0.39 is 11.8 Å². The van der Waals surface area contributed by atoms with Gasteiger partial charge in [0, 0.05) is 16.7 Å². The Kier molecular flexibility index (Phi) is 3.34. The van der Waals surface area contributed by atoms with Crippen molar-refractivity contribution in [1.82, 2.24) is 9.38 Å². The predicted molar refractivity (Wildman–Crippen MR) is 76.3 cm³/mol. The van der Waals surface area contributed by atoms with Crippen molar-refractivity contribution in [2.24, 2.45) is 0 Å². The number of carbonyl (C=O) groups is 1. The Hall–Kier alpha value is -2.41. The van der Waals surface area contributed by atoms with Gasteiger partial charge in [0.15, 0.2) is 5.69 Å². The van der Waals surface area contributed by atoms with Gasteiger partial charge in [-0.15, -0.1) is 0 Å². The first-order valence-corrected chi connectivity index (χ1v) is 6.68. The average molecular weight is 351 g/mol. The number of nitrogens with zero attached hydrogens (tertiary/aromatic N) is 2. The third-order valence-electron chi connectivity index (χ3n) is 2.75. The van der Waals surface area contributed by atoms with Crippen molar-refractivity contribution in [2.75, 3.05) is 0 Å². The second-order valence-corrected chi connectivity index (χ2v) is 5.12. The fraction of sp³-hybridized carbons (Fsp3) is 0. The molecule has 21 heavy (non-hydrogen) atoms. The molecule has 3 aromatic rings. The second-order valence-electron chi connectivity index (χ2n) is 4.21. The van der Waals surface area contributed by atoms with Crippen LogP contribution in [0.4, 0.5) is 4.39 Å². The van der Waals surface area contributed by atoms with Crippen LogP contribution in [0, 0.1) is 5.82 Å². The van der Waals surface area contributed by atoms with Crippen LogP contribution in [0.5, 0.6) is 11.6 Å². The molecule has 0 spiro atoms. The van der Waals surface area contributed by atoms with E-state index in [1.807, 2.05) is 0 Å². The van der Waals surface area contributed by atoms with Crippen molar-refractivity contribution in [3.63, 3.8) is 0 Å². The first-order chi connectivity index (χ1) is 10.0. The third kappa shape index (κ3) is 2.59. The highest BCUT2D eigenvalue weighted by molar-refractivity contribution is 9.10. The van der Waals surface area contributed by atoms with Gasteiger partial charge in [0.25, 0.3) is 5.88 Å². The molecule has 0 radical (unpaired) electrons. The van der Waals surface area contributed by atoms with Gasteiger partial charge < -0.3 is 9.84 Å². The molecule has 0 bridgehead atoms. The molecule has 0 aliphatic rings. The van der Waals surface area contributed by atoms with Crippen LogP contribution in [0.25, 0.3) is 5.65 Å². The zero-order valence-corrected chi connectivity index (χ0v) is 12.0. The lowest BCUT2D eigenvalue weighted by Gasteiger charge is -2.04. The number of hydrogen-bond acceptors (Lipinski definition) is 3. The Labute approximate surface area is 126 Å². The molecule has 1 aromatic carbocycles. The fourth-order valence-electron chi connectivity index (χ4n) is 1.94. The van der Waals surface area contributed by atoms with E-state index in [9.17, 15) is 14.3 Å². The number of pyridine rings is 1. The van der Waals surface area contributed by atoms with Crippen molar-refractivity contribution in [1.29, 1.82) is 0 Å². The van der Waals surface area contributed by atoms with Crippen molar-refractivity contribution >= 4 is 27.5 Å². The van der Waals surface area contributed by atoms with Crippen molar-refractivity contribution < 1.29 is 19.0 Å². The van der Waals surface area contributed by atoms with E-state index in [1.54, 1.807) is 24.4 Å². The van der Waals surface area contributed by atoms with Gasteiger partial charge >= 0.3 is 5.97 Å². The van der Waals surface area contributed by atoms with E-state index in [4.69, 9.17) is 4.74 Å². The Morgan fingerprint density at radius 1 is 1.33 bits per heavy atom. The van der Waals surface area contributed by atoms with Gasteiger partial charge in [0.05, 0.1) is 0 Å². The summed E-state index contributed by atoms with van der Waals surface area (Å²) < 4.78 is 20.7. The standard InChI is InChI=1S/C14H8BrFN2O3/c15-8-5-9(16)7-10(6-8)21-13-12(14(19)20)18-4-2-1-3-11(18)17-13/h1-7H,(H,19,20). The Morgan fingerprint density at radius 3 is 2.86 bits per heavy atom. The third-order valence-corrected chi connectivity index (χ3v) is 3.21. The number of imidazole rings is 1. The predicted octanol–water partition coefficient (Wildman–Crippen LogP) is 3.73. The van der Waals surface area contributed by atoms with Crippen LogP contribution in [0.2, 0.25) is 0 Å². The van der Waals surface area contributed by atoms with Gasteiger partial charge in [-0.05, 0) is 24.3 Å². The Bertz CT molecular complexity index is 827. The van der Waals surface area contributed by atoms with Gasteiger partial charge in [-0.25, -0.2) is 9.18 Å². The summed E-state index contributed by atoms with van der Waals surface area (Å²) in [6, 6.07) is 9.02. The minimum atomic E-state index is -1.18. The van der Waals surface area contributed by atoms with E-state index >= 15 is 0 Å². The fourth-order valence-corrected chi connectivity index (χ4v) is 2.38. The maximum absolute atomic E-state index is 13.3. The largest absolute Gasteiger partial charge is 0.476 e. The van der Waals surface area contributed by atoms with Crippen LogP contribution < -0.4 is 4.74 Å². The molecule has 106 valence electrons. The number of aromatic nitrogens is 2. The molecule has 0 unspecified atom stereocenters. The first-order valence-electron chi connectivity index (χ1n) is 5.89. The zero-order valence-electron chi connectivity index (χ0n) is 10.5. The highest BCUT2D eigenvalue weighted by atomic mass is 79.9. The van der Waals surface area contributed by atoms with Gasteiger partial charge in [-0.1, -0.05) is 22.0 Å². The molecular formula is C14H8BrFN2O3. The smallest absolute Gasteiger partial charge is 0.358 e. The van der Waals surface area contributed by atoms with Crippen LogP contribution in [0.3, 0.4) is 0 Å². The van der Waals surface area contributed by atoms with Crippen molar-refractivity contribution in [2.45, 2.75) is 0 Å². The van der Waals surface area contributed by atoms with E-state index in [2.05, 4.69) is 20.9 Å². The minimum absolute atomic E-state index is 0.0915. The highest BCUT2D eigenvalue weighted by Gasteiger charge is 2.20. The molecule has 1 N–H and O–H groups in total. The lowest BCUT2D eigenvalue weighted by Crippen LogP contribution is -2.03. The lowest BCUT2D eigenvalue weighted by atomic mass is 10.3. The number of benzene rings is 1. The molecule has 2 heterocycles. The summed E-state index contributed by atoms with van der Waals surface area (Å²) >= 11 is 3.15. The minimum Gasteiger partial charge on any atom is -0.476 e. The quantitative estimate of drug-likeness (QED) is 0.781. The normalized spacial score (nSPS) is 10.8. The van der Waals surface area contributed by atoms with E-state index in [0.717, 1.165) is 6.07 Å². The number of carboxylic acid groups (broad SMARTS) is 1. The van der Waals surface area contributed by atoms with Crippen LogP contribution in [-0.2, 0) is 0 Å². The number of halogens is 2. The summed E-state index contributed by atoms with van der Waals surface area (Å²) in [5.74, 6) is -1.61. The van der Waals surface area contributed by atoms with Gasteiger partial charge in [0.1, 0.15) is 17.2 Å². The molecule has 7 heteroatoms. The first kappa shape index (κ1) is 13.6. The number of hydrogen-bond donors (Lipinski definition) is 1. The van der Waals surface area contributed by atoms with Crippen molar-refractivity contribution in [3.8, 4) is 11.6 Å². The Balaban J connectivity index is 2.11. The molecule has 2 aromatic heterocycles. The van der Waals surface area contributed by atoms with Crippen LogP contribution in [-0.4, -0.2) is 20.5 Å². The maximum Gasteiger partial charge on any atom is 0.358 e. The summed E-state index contributed by atoms with van der Waals surface area (Å²) in [4.78, 5) is 15.5. The summed E-state index contributed by atoms with van der Waals surface area (Å²) in [5.41, 5.74) is 0.311. The van der Waals surface area contributed by atoms with Crippen LogP contribution >= 0.6 is 15.9 Å². The molecule has 3 rings (SSSR count). The zero-order chi connectivity index (χ0) is 15.0. The molecule has 0 saturated carbocycles. The summed E-state index contributed by atoms with van der Waals surface area (Å²) in [6.45, 7) is 0. The van der Waals surface area contributed by atoms with E-state index in [1.165, 1.54) is 16.5 Å². The number of ether oxygens (including phenoxy) is 1. The molecule has 0 saturated heterocycles. The van der Waals surface area contributed by atoms with Gasteiger partial charge in [0.2, 0.25) is 0 Å². The van der Waals surface area contributed by atoms with E-state index in [0.29, 0.717) is 10.1 Å². The molecule has 0 atom stereocenters. The van der Waals surface area contributed by atoms with Crippen LogP contribution in [0.1, 0.15) is 10.5 Å². The van der Waals surface area contributed by atoms with Crippen molar-refractivity contribution in [3.05, 3.63) is 58.6 Å². The summed E-state index contributed by atoms with van der Waals surface area (Å²) in [5, 5.41) is 9.32. The lowest BCUT2D eigenvalue weighted by molar-refractivity contribution is 0.0686. The SMILES string of the molecule is O=C(O)c1c(Oc2cc(F)cc(Br)c2)nc2ccccn12. The van der Waals surface area contributed by atoms with Gasteiger partial charge in [-0.3, -0.25) is 4.40 Å². The monoisotopic (exact) mass is 350 g/mol. The number of rotatable bonds is 3. The van der Waals surface area contributed by atoms with Gasteiger partial charge in [-0.2, -0.15) is 4.98 Å². The topological polar surface area (TPSA) is 63.8 Å². The molecule has 5 nitrogen and oxygen atoms in total. The molecular weight excluding hydrogens is 343 g/mol. The Morgan fingerprint density at radius 2 is 2.14 bits per heavy atom. The summed E-state index contributed by atoms with van der Waals surface area (Å²) in [7, 11) is 0. The molecule has 0 fully saturated rings. The van der Waals surface area contributed by atoms with E-state index in [-0.39, 0.29) is 17.3 Å². The molecule has 0 aliphatic heterocycles. The number of fused-ring (bicyclic) bond motifs is 1. The second kappa shape index (κ2) is 5.17. The molecule has 0 aliphatic carbocycles. The van der Waals surface area contributed by atoms with Crippen LogP contribution in [0.15, 0.2) is 47.1 Å². The number of carboxylic acids is 1. The maximum atomic E-state index is 13.3.